The number of carbonyl (C=O) groups is 2. The number of halogens is 1. The summed E-state index contributed by atoms with van der Waals surface area (Å²) < 4.78 is 0. The highest BCUT2D eigenvalue weighted by Gasteiger charge is 2.13. The number of phenolic OH excluding ortho intramolecular Hbond substituents is 1. The Kier molecular flexibility index (Phi) is 4.94. The summed E-state index contributed by atoms with van der Waals surface area (Å²) in [6.07, 6.45) is -1.60. The van der Waals surface area contributed by atoms with E-state index in [0.717, 1.165) is 0 Å². The van der Waals surface area contributed by atoms with Crippen molar-refractivity contribution < 1.29 is 24.9 Å². The maximum absolute atomic E-state index is 11.6. The van der Waals surface area contributed by atoms with Gasteiger partial charge in [-0.15, -0.1) is 0 Å². The lowest BCUT2D eigenvalue weighted by Crippen LogP contribution is -2.30. The van der Waals surface area contributed by atoms with E-state index in [1.54, 1.807) is 0 Å². The summed E-state index contributed by atoms with van der Waals surface area (Å²) in [6, 6.07) is 3.95. The maximum atomic E-state index is 11.6. The Morgan fingerprint density at radius 3 is 2.61 bits per heavy atom. The third-order valence-corrected chi connectivity index (χ3v) is 2.50. The molecule has 7 heteroatoms. The lowest BCUT2D eigenvalue weighted by atomic mass is 10.2. The van der Waals surface area contributed by atoms with E-state index >= 15 is 0 Å². The van der Waals surface area contributed by atoms with Crippen molar-refractivity contribution in [3.63, 3.8) is 0 Å². The predicted octanol–water partition coefficient (Wildman–Crippen LogP) is 0.611. The minimum absolute atomic E-state index is 0.0186. The van der Waals surface area contributed by atoms with Crippen molar-refractivity contribution >= 4 is 23.5 Å². The van der Waals surface area contributed by atoms with E-state index in [1.807, 2.05) is 0 Å². The molecule has 0 aliphatic heterocycles. The highest BCUT2D eigenvalue weighted by atomic mass is 35.5. The van der Waals surface area contributed by atoms with Crippen molar-refractivity contribution in [3.8, 4) is 5.75 Å². The van der Waals surface area contributed by atoms with Gasteiger partial charge in [0.25, 0.3) is 5.91 Å². The number of carboxylic acids is 1. The molecule has 18 heavy (non-hydrogen) atoms. The molecule has 0 fully saturated rings. The molecular weight excluding hydrogens is 262 g/mol. The van der Waals surface area contributed by atoms with Crippen LogP contribution in [-0.4, -0.2) is 39.8 Å². The van der Waals surface area contributed by atoms with Crippen molar-refractivity contribution in [2.45, 2.75) is 12.5 Å². The largest absolute Gasteiger partial charge is 0.506 e. The molecule has 0 aromatic heterocycles. The average molecular weight is 274 g/mol. The van der Waals surface area contributed by atoms with Gasteiger partial charge in [0.05, 0.1) is 5.02 Å². The van der Waals surface area contributed by atoms with Gasteiger partial charge in [-0.25, -0.2) is 4.79 Å². The minimum Gasteiger partial charge on any atom is -0.506 e. The molecule has 0 heterocycles. The van der Waals surface area contributed by atoms with Crippen molar-refractivity contribution in [3.05, 3.63) is 28.8 Å². The number of nitrogens with one attached hydrogen (secondary N) is 1. The summed E-state index contributed by atoms with van der Waals surface area (Å²) >= 11 is 5.64. The summed E-state index contributed by atoms with van der Waals surface area (Å²) in [5, 5.41) is 29.1. The first kappa shape index (κ1) is 14.3. The molecule has 0 aliphatic carbocycles. The summed E-state index contributed by atoms with van der Waals surface area (Å²) in [5.74, 6) is -1.93. The second-order valence-electron chi connectivity index (χ2n) is 3.56. The Balaban J connectivity index is 2.50. The molecule has 0 aliphatic rings. The molecule has 0 spiro atoms. The third kappa shape index (κ3) is 3.90. The Labute approximate surface area is 108 Å². The number of carbonyl (C=O) groups excluding carboxylic acids is 1. The topological polar surface area (TPSA) is 107 Å². The molecule has 6 nitrogen and oxygen atoms in total. The maximum Gasteiger partial charge on any atom is 0.332 e. The molecule has 0 unspecified atom stereocenters. The minimum atomic E-state index is -1.51. The van der Waals surface area contributed by atoms with Crippen LogP contribution in [0.25, 0.3) is 0 Å². The SMILES string of the molecule is O=C(NCC[C@H](O)C(=O)O)c1ccc(O)c(Cl)c1. The number of hydrogen-bond acceptors (Lipinski definition) is 4. The van der Waals surface area contributed by atoms with Gasteiger partial charge in [0.1, 0.15) is 5.75 Å². The molecule has 4 N–H and O–H groups in total. The van der Waals surface area contributed by atoms with Gasteiger partial charge in [0, 0.05) is 18.5 Å². The van der Waals surface area contributed by atoms with Crippen LogP contribution in [0.3, 0.4) is 0 Å². The molecule has 1 aromatic carbocycles. The number of aliphatic hydroxyl groups excluding tert-OH is 1. The summed E-state index contributed by atoms with van der Waals surface area (Å²) in [5.41, 5.74) is 0.239. The highest BCUT2D eigenvalue weighted by molar-refractivity contribution is 6.32. The Morgan fingerprint density at radius 1 is 1.39 bits per heavy atom. The number of carboxylic acid groups (broad SMARTS) is 1. The number of rotatable bonds is 5. The van der Waals surface area contributed by atoms with Gasteiger partial charge in [-0.3, -0.25) is 4.79 Å². The monoisotopic (exact) mass is 273 g/mol. The van der Waals surface area contributed by atoms with Crippen molar-refractivity contribution in [1.82, 2.24) is 5.32 Å². The lowest BCUT2D eigenvalue weighted by molar-refractivity contribution is -0.146. The average Bonchev–Trinajstić information content (AvgIpc) is 2.32. The zero-order valence-electron chi connectivity index (χ0n) is 9.26. The first-order valence-corrected chi connectivity index (χ1v) is 5.47. The zero-order chi connectivity index (χ0) is 13.7. The van der Waals surface area contributed by atoms with Crippen molar-refractivity contribution in [1.29, 1.82) is 0 Å². The Hall–Kier alpha value is -1.79. The Bertz CT molecular complexity index is 463. The molecule has 0 saturated carbocycles. The number of aromatic hydroxyl groups is 1. The van der Waals surface area contributed by atoms with Crippen LogP contribution in [0.15, 0.2) is 18.2 Å². The number of amides is 1. The molecule has 0 saturated heterocycles. The van der Waals surface area contributed by atoms with Gasteiger partial charge in [0.2, 0.25) is 0 Å². The second-order valence-corrected chi connectivity index (χ2v) is 3.97. The van der Waals surface area contributed by atoms with E-state index in [9.17, 15) is 14.7 Å². The fourth-order valence-electron chi connectivity index (χ4n) is 1.20. The first-order chi connectivity index (χ1) is 8.41. The highest BCUT2D eigenvalue weighted by Crippen LogP contribution is 2.23. The van der Waals surface area contributed by atoms with Gasteiger partial charge in [-0.1, -0.05) is 11.6 Å². The number of benzene rings is 1. The predicted molar refractivity (Wildman–Crippen MR) is 63.7 cm³/mol. The number of phenols is 1. The van der Waals surface area contributed by atoms with Crippen molar-refractivity contribution in [2.24, 2.45) is 0 Å². The van der Waals surface area contributed by atoms with Gasteiger partial charge in [-0.05, 0) is 18.2 Å². The van der Waals surface area contributed by atoms with Gasteiger partial charge < -0.3 is 20.6 Å². The van der Waals surface area contributed by atoms with E-state index in [0.29, 0.717) is 0 Å². The summed E-state index contributed by atoms with van der Waals surface area (Å²) in [6.45, 7) is 0.0186. The first-order valence-electron chi connectivity index (χ1n) is 5.09. The van der Waals surface area contributed by atoms with E-state index in [4.69, 9.17) is 21.8 Å². The van der Waals surface area contributed by atoms with Gasteiger partial charge in [-0.2, -0.15) is 0 Å². The van der Waals surface area contributed by atoms with E-state index in [2.05, 4.69) is 5.32 Å². The molecular formula is C11H12ClNO5. The van der Waals surface area contributed by atoms with Crippen LogP contribution in [0, 0.1) is 0 Å². The van der Waals surface area contributed by atoms with E-state index in [1.165, 1.54) is 18.2 Å². The van der Waals surface area contributed by atoms with Crippen LogP contribution in [-0.2, 0) is 4.79 Å². The lowest BCUT2D eigenvalue weighted by Gasteiger charge is -2.08. The van der Waals surface area contributed by atoms with Crippen LogP contribution in [0.2, 0.25) is 5.02 Å². The zero-order valence-corrected chi connectivity index (χ0v) is 10.0. The number of hydrogen-bond donors (Lipinski definition) is 4. The molecule has 98 valence electrons. The van der Waals surface area contributed by atoms with E-state index < -0.39 is 18.0 Å². The molecule has 0 bridgehead atoms. The third-order valence-electron chi connectivity index (χ3n) is 2.20. The van der Waals surface area contributed by atoms with Crippen LogP contribution < -0.4 is 5.32 Å². The van der Waals surface area contributed by atoms with E-state index in [-0.39, 0.29) is 29.3 Å². The second kappa shape index (κ2) is 6.23. The van der Waals surface area contributed by atoms with Crippen LogP contribution >= 0.6 is 11.6 Å². The molecule has 1 atom stereocenters. The summed E-state index contributed by atoms with van der Waals surface area (Å²) in [7, 11) is 0. The molecule has 1 amide bonds. The van der Waals surface area contributed by atoms with Gasteiger partial charge >= 0.3 is 5.97 Å². The molecule has 1 aromatic rings. The summed E-state index contributed by atoms with van der Waals surface area (Å²) in [4.78, 5) is 21.9. The normalized spacial score (nSPS) is 11.9. The van der Waals surface area contributed by atoms with Crippen LogP contribution in [0.1, 0.15) is 16.8 Å². The fraction of sp³-hybridized carbons (Fsp3) is 0.273. The van der Waals surface area contributed by atoms with Gasteiger partial charge in [0.15, 0.2) is 6.10 Å². The molecule has 0 radical (unpaired) electrons. The quantitative estimate of drug-likeness (QED) is 0.629. The van der Waals surface area contributed by atoms with Crippen LogP contribution in [0.4, 0.5) is 0 Å². The van der Waals surface area contributed by atoms with Crippen molar-refractivity contribution in [2.75, 3.05) is 6.54 Å². The standard InChI is InChI=1S/C11H12ClNO5/c12-7-5-6(1-2-8(7)14)10(16)13-4-3-9(15)11(17)18/h1-2,5,9,14-15H,3-4H2,(H,13,16)(H,17,18)/t9-/m0/s1. The Morgan fingerprint density at radius 2 is 2.06 bits per heavy atom. The molecule has 1 rings (SSSR count). The number of aliphatic carboxylic acids is 1. The fourth-order valence-corrected chi connectivity index (χ4v) is 1.38. The van der Waals surface area contributed by atoms with Crippen LogP contribution in [0.5, 0.6) is 5.75 Å². The number of aliphatic hydroxyl groups is 1. The smallest absolute Gasteiger partial charge is 0.332 e.